The van der Waals surface area contributed by atoms with Crippen LogP contribution in [0.1, 0.15) is 22.6 Å². The van der Waals surface area contributed by atoms with Crippen LogP contribution in [-0.2, 0) is 22.7 Å². The molecule has 1 N–H and O–H groups in total. The van der Waals surface area contributed by atoms with E-state index in [1.54, 1.807) is 25.1 Å². The van der Waals surface area contributed by atoms with E-state index in [9.17, 15) is 14.9 Å². The Balaban J connectivity index is 1.67. The molecule has 0 unspecified atom stereocenters. The zero-order valence-corrected chi connectivity index (χ0v) is 18.5. The summed E-state index contributed by atoms with van der Waals surface area (Å²) in [7, 11) is 1.48. The number of nitrogens with zero attached hydrogens (tertiary/aromatic N) is 3. The molecule has 0 bridgehead atoms. The van der Waals surface area contributed by atoms with Gasteiger partial charge >= 0.3 is 0 Å². The SMILES string of the molecule is COCc1cc(C)n(CC(=O)N/N=C/c2ccc(-c3ccc(Br)cc3)o2)c(=O)c1C#N. The molecule has 0 spiro atoms. The van der Waals surface area contributed by atoms with Crippen LogP contribution in [0, 0.1) is 18.3 Å². The van der Waals surface area contributed by atoms with Crippen LogP contribution in [0.3, 0.4) is 0 Å². The molecule has 0 saturated heterocycles. The number of ether oxygens (including phenoxy) is 1. The van der Waals surface area contributed by atoms with Crippen LogP contribution in [0.25, 0.3) is 11.3 Å². The first-order valence-corrected chi connectivity index (χ1v) is 10.0. The monoisotopic (exact) mass is 482 g/mol. The van der Waals surface area contributed by atoms with Gasteiger partial charge in [-0.3, -0.25) is 9.59 Å². The molecule has 158 valence electrons. The molecule has 8 nitrogen and oxygen atoms in total. The van der Waals surface area contributed by atoms with E-state index in [0.29, 0.717) is 22.8 Å². The average molecular weight is 483 g/mol. The predicted octanol–water partition coefficient (Wildman–Crippen LogP) is 3.35. The number of benzene rings is 1. The van der Waals surface area contributed by atoms with Crippen LogP contribution < -0.4 is 11.0 Å². The summed E-state index contributed by atoms with van der Waals surface area (Å²) in [6.45, 7) is 1.55. The largest absolute Gasteiger partial charge is 0.455 e. The molecule has 0 radical (unpaired) electrons. The van der Waals surface area contributed by atoms with E-state index in [2.05, 4.69) is 26.5 Å². The first-order chi connectivity index (χ1) is 14.9. The third-order valence-electron chi connectivity index (χ3n) is 4.44. The lowest BCUT2D eigenvalue weighted by molar-refractivity contribution is -0.121. The Kier molecular flexibility index (Phi) is 7.18. The zero-order chi connectivity index (χ0) is 22.4. The van der Waals surface area contributed by atoms with Crippen LogP contribution in [0.5, 0.6) is 0 Å². The van der Waals surface area contributed by atoms with Gasteiger partial charge in [0.05, 0.1) is 12.8 Å². The minimum atomic E-state index is -0.543. The standard InChI is InChI=1S/C22H19BrN4O4/c1-14-9-16(13-30-2)19(10-24)22(29)27(14)12-21(28)26-25-11-18-7-8-20(31-18)15-3-5-17(23)6-4-15/h3-9,11H,12-13H2,1-2H3,(H,26,28)/b25-11+. The van der Waals surface area contributed by atoms with Crippen molar-refractivity contribution in [2.24, 2.45) is 5.10 Å². The van der Waals surface area contributed by atoms with Crippen LogP contribution in [0.15, 0.2) is 61.3 Å². The first-order valence-electron chi connectivity index (χ1n) is 9.23. The van der Waals surface area contributed by atoms with Crippen molar-refractivity contribution >= 4 is 28.1 Å². The van der Waals surface area contributed by atoms with Gasteiger partial charge in [-0.05, 0) is 37.3 Å². The molecule has 1 amide bonds. The highest BCUT2D eigenvalue weighted by Crippen LogP contribution is 2.23. The van der Waals surface area contributed by atoms with Crippen LogP contribution in [-0.4, -0.2) is 23.8 Å². The summed E-state index contributed by atoms with van der Waals surface area (Å²) in [5.41, 5.74) is 3.72. The Morgan fingerprint density at radius 1 is 1.32 bits per heavy atom. The summed E-state index contributed by atoms with van der Waals surface area (Å²) in [6.07, 6.45) is 1.37. The molecule has 0 saturated carbocycles. The fourth-order valence-electron chi connectivity index (χ4n) is 2.96. The van der Waals surface area contributed by atoms with Crippen LogP contribution in [0.2, 0.25) is 0 Å². The maximum Gasteiger partial charge on any atom is 0.269 e. The molecule has 1 aromatic carbocycles. The average Bonchev–Trinajstić information content (AvgIpc) is 3.21. The second-order valence-electron chi connectivity index (χ2n) is 6.62. The fraction of sp³-hybridized carbons (Fsp3) is 0.182. The molecule has 3 aromatic rings. The second-order valence-corrected chi connectivity index (χ2v) is 7.54. The highest BCUT2D eigenvalue weighted by atomic mass is 79.9. The Bertz CT molecular complexity index is 1220. The number of hydrogen-bond donors (Lipinski definition) is 1. The number of methoxy groups -OCH3 is 1. The zero-order valence-electron chi connectivity index (χ0n) is 16.9. The van der Waals surface area contributed by atoms with Gasteiger partial charge in [-0.25, -0.2) is 5.43 Å². The number of halogens is 1. The van der Waals surface area contributed by atoms with Crippen molar-refractivity contribution < 1.29 is 13.9 Å². The van der Waals surface area contributed by atoms with Gasteiger partial charge in [-0.1, -0.05) is 28.1 Å². The summed E-state index contributed by atoms with van der Waals surface area (Å²) in [6, 6.07) is 14.7. The van der Waals surface area contributed by atoms with Crippen molar-refractivity contribution in [1.29, 1.82) is 5.26 Å². The van der Waals surface area contributed by atoms with Crippen molar-refractivity contribution in [3.8, 4) is 17.4 Å². The Morgan fingerprint density at radius 2 is 2.06 bits per heavy atom. The number of nitriles is 1. The highest BCUT2D eigenvalue weighted by molar-refractivity contribution is 9.10. The molecule has 3 rings (SSSR count). The van der Waals surface area contributed by atoms with Crippen molar-refractivity contribution in [1.82, 2.24) is 9.99 Å². The van der Waals surface area contributed by atoms with Gasteiger partial charge in [0.2, 0.25) is 0 Å². The van der Waals surface area contributed by atoms with Gasteiger partial charge in [0.25, 0.3) is 11.5 Å². The number of nitrogens with one attached hydrogen (secondary N) is 1. The van der Waals surface area contributed by atoms with Crippen LogP contribution >= 0.6 is 15.9 Å². The van der Waals surface area contributed by atoms with Crippen LogP contribution in [0.4, 0.5) is 0 Å². The highest BCUT2D eigenvalue weighted by Gasteiger charge is 2.14. The quantitative estimate of drug-likeness (QED) is 0.410. The molecular formula is C22H19BrN4O4. The molecular weight excluding hydrogens is 464 g/mol. The van der Waals surface area contributed by atoms with E-state index in [1.165, 1.54) is 17.9 Å². The predicted molar refractivity (Wildman–Crippen MR) is 118 cm³/mol. The number of carbonyl (C=O) groups excluding carboxylic acids is 1. The van der Waals surface area contributed by atoms with Gasteiger partial charge in [0.1, 0.15) is 29.7 Å². The maximum absolute atomic E-state index is 12.6. The van der Waals surface area contributed by atoms with E-state index in [-0.39, 0.29) is 18.7 Å². The summed E-state index contributed by atoms with van der Waals surface area (Å²) in [5, 5.41) is 13.2. The molecule has 2 aromatic heterocycles. The van der Waals surface area contributed by atoms with Gasteiger partial charge in [-0.15, -0.1) is 0 Å². The third kappa shape index (κ3) is 5.36. The molecule has 0 atom stereocenters. The van der Waals surface area contributed by atoms with E-state index in [0.717, 1.165) is 10.0 Å². The molecule has 2 heterocycles. The topological polar surface area (TPSA) is 110 Å². The summed E-state index contributed by atoms with van der Waals surface area (Å²) < 4.78 is 12.9. The number of hydrazone groups is 1. The summed E-state index contributed by atoms with van der Waals surface area (Å²) in [5.74, 6) is 0.620. The lowest BCUT2D eigenvalue weighted by atomic mass is 10.1. The van der Waals surface area contributed by atoms with Gasteiger partial charge in [-0.2, -0.15) is 10.4 Å². The molecule has 0 aliphatic rings. The number of hydrogen-bond acceptors (Lipinski definition) is 6. The molecule has 31 heavy (non-hydrogen) atoms. The van der Waals surface area contributed by atoms with E-state index in [4.69, 9.17) is 9.15 Å². The number of rotatable bonds is 7. The number of aryl methyl sites for hydroxylation is 1. The van der Waals surface area contributed by atoms with Crippen molar-refractivity contribution in [3.63, 3.8) is 0 Å². The first kappa shape index (κ1) is 22.2. The van der Waals surface area contributed by atoms with Gasteiger partial charge in [0.15, 0.2) is 0 Å². The minimum absolute atomic E-state index is 0.0418. The van der Waals surface area contributed by atoms with E-state index < -0.39 is 11.5 Å². The Hall–Kier alpha value is -3.48. The number of pyridine rings is 1. The third-order valence-corrected chi connectivity index (χ3v) is 4.97. The molecule has 0 aliphatic carbocycles. The number of furan rings is 1. The van der Waals surface area contributed by atoms with E-state index >= 15 is 0 Å². The number of amides is 1. The minimum Gasteiger partial charge on any atom is -0.455 e. The molecule has 0 aliphatic heterocycles. The van der Waals surface area contributed by atoms with E-state index in [1.807, 2.05) is 30.3 Å². The lowest BCUT2D eigenvalue weighted by Crippen LogP contribution is -2.33. The number of aromatic nitrogens is 1. The Morgan fingerprint density at radius 3 is 2.74 bits per heavy atom. The lowest BCUT2D eigenvalue weighted by Gasteiger charge is -2.12. The number of carbonyl (C=O) groups is 1. The Labute approximate surface area is 186 Å². The summed E-state index contributed by atoms with van der Waals surface area (Å²) >= 11 is 3.39. The van der Waals surface area contributed by atoms with Gasteiger partial charge in [0, 0.05) is 28.4 Å². The summed E-state index contributed by atoms with van der Waals surface area (Å²) in [4.78, 5) is 24.8. The van der Waals surface area contributed by atoms with Gasteiger partial charge < -0.3 is 13.7 Å². The smallest absolute Gasteiger partial charge is 0.269 e. The molecule has 9 heteroatoms. The van der Waals surface area contributed by atoms with Crippen molar-refractivity contribution in [2.45, 2.75) is 20.1 Å². The maximum atomic E-state index is 12.6. The molecule has 0 fully saturated rings. The second kappa shape index (κ2) is 10.0. The fourth-order valence-corrected chi connectivity index (χ4v) is 3.22. The normalized spacial score (nSPS) is 10.9. The van der Waals surface area contributed by atoms with Crippen molar-refractivity contribution in [3.05, 3.63) is 79.9 Å². The van der Waals surface area contributed by atoms with Crippen molar-refractivity contribution in [2.75, 3.05) is 7.11 Å².